The summed E-state index contributed by atoms with van der Waals surface area (Å²) >= 11 is 38.1. The first kappa shape index (κ1) is 59.0. The third-order valence-electron chi connectivity index (χ3n) is 4.06. The summed E-state index contributed by atoms with van der Waals surface area (Å²) in [4.78, 5) is 0. The zero-order valence-electron chi connectivity index (χ0n) is 26.5. The van der Waals surface area contributed by atoms with Crippen molar-refractivity contribution in [2.45, 2.75) is 90.3 Å². The topological polar surface area (TPSA) is 9.23 Å². The van der Waals surface area contributed by atoms with E-state index in [1.807, 2.05) is 20.0 Å². The third-order valence-corrected chi connectivity index (χ3v) is 11.6. The summed E-state index contributed by atoms with van der Waals surface area (Å²) in [5.41, 5.74) is 3.55. The van der Waals surface area contributed by atoms with Crippen LogP contribution in [-0.2, 0) is 4.74 Å². The monoisotopic (exact) mass is 796 g/mol. The molecule has 1 saturated heterocycles. The SMILES string of the molecule is C1CCOC1.C=C(C)C[Si](C)(CCCCl)CC(=C)C.C=C([CH2-])C.C=CCCl.C[SiH](Cl)Cl.C[Si](Cl)(Cl)CCCCl.[Cl-].[Mg+2]. The Balaban J connectivity index is -0.0000000731. The van der Waals surface area contributed by atoms with Gasteiger partial charge in [-0.05, 0) is 70.8 Å². The van der Waals surface area contributed by atoms with Crippen LogP contribution in [0.3, 0.4) is 0 Å². The summed E-state index contributed by atoms with van der Waals surface area (Å²) in [6.07, 6.45) is 6.28. The van der Waals surface area contributed by atoms with Crippen LogP contribution in [0.25, 0.3) is 0 Å². The average Bonchev–Trinajstić information content (AvgIpc) is 3.35. The molecule has 0 bridgehead atoms. The Bertz CT molecular complexity index is 559. The largest absolute Gasteiger partial charge is 2.00 e. The van der Waals surface area contributed by atoms with Gasteiger partial charge in [0.2, 0.25) is 14.1 Å². The summed E-state index contributed by atoms with van der Waals surface area (Å²) in [6.45, 7) is 30.8. The first-order valence-electron chi connectivity index (χ1n) is 13.1. The van der Waals surface area contributed by atoms with Crippen molar-refractivity contribution in [3.63, 3.8) is 0 Å². The van der Waals surface area contributed by atoms with E-state index < -0.39 is 22.2 Å². The number of hydrogen-bond acceptors (Lipinski definition) is 1. The summed E-state index contributed by atoms with van der Waals surface area (Å²) in [6, 6.07) is 4.64. The molecule has 0 spiro atoms. The van der Waals surface area contributed by atoms with Gasteiger partial charge in [-0.1, -0.05) is 36.7 Å². The van der Waals surface area contributed by atoms with Gasteiger partial charge in [-0.25, -0.2) is 19.1 Å². The molecule has 1 heterocycles. The quantitative estimate of drug-likeness (QED) is 0.0666. The molecule has 1 nitrogen and oxygen atoms in total. The van der Waals surface area contributed by atoms with Gasteiger partial charge in [-0.3, -0.25) is 0 Å². The summed E-state index contributed by atoms with van der Waals surface area (Å²) in [5, 5.41) is 0. The van der Waals surface area contributed by atoms with E-state index in [-0.39, 0.29) is 35.5 Å². The molecule has 0 atom stereocenters. The first-order valence-corrected chi connectivity index (χ1v) is 27.2. The van der Waals surface area contributed by atoms with Crippen LogP contribution < -0.4 is 12.4 Å². The molecule has 0 radical (unpaired) electrons. The number of ether oxygens (including phenoxy) is 1. The van der Waals surface area contributed by atoms with Crippen LogP contribution >= 0.6 is 79.1 Å². The van der Waals surface area contributed by atoms with Gasteiger partial charge in [0, 0.05) is 30.9 Å². The molecule has 0 N–H and O–H groups in total. The summed E-state index contributed by atoms with van der Waals surface area (Å²) < 4.78 is 4.94. The van der Waals surface area contributed by atoms with E-state index in [1.54, 1.807) is 6.08 Å². The Kier molecular flexibility index (Phi) is 61.2. The molecular weight excluding hydrogens is 744 g/mol. The van der Waals surface area contributed by atoms with E-state index in [9.17, 15) is 0 Å². The second-order valence-corrected chi connectivity index (χ2v) is 29.7. The maximum atomic E-state index is 5.76. The van der Waals surface area contributed by atoms with Crippen LogP contribution in [0, 0.1) is 6.92 Å². The van der Waals surface area contributed by atoms with Gasteiger partial charge in [0.25, 0.3) is 0 Å². The van der Waals surface area contributed by atoms with Crippen molar-refractivity contribution in [2.24, 2.45) is 0 Å². The molecule has 1 aliphatic heterocycles. The smallest absolute Gasteiger partial charge is 1.00 e. The fourth-order valence-corrected chi connectivity index (χ4v) is 9.82. The van der Waals surface area contributed by atoms with Crippen molar-refractivity contribution < 1.29 is 17.1 Å². The van der Waals surface area contributed by atoms with Crippen molar-refractivity contribution in [1.29, 1.82) is 0 Å². The standard InChI is InChI=1S/C12H23ClSi.C4H9Cl3Si.C4H8O.C4H7.C3H5Cl.CH4Cl2Si.ClH.Mg/c1-11(2)9-14(5,8-6-7-13)10-12(3)4;1-8(6,7)4-2-3-5;1-2-4-5-3-1;1-4(2)3;1-2-3-4;1-4(2)3;;/h1,3,6-10H2,2,4-5H3;2-4H2,1H3;1-4H2;1-2H2,3H3;2H,1,3H2;4H,1H3;1H;/q;;;-1;;;;+2/p-1. The van der Waals surface area contributed by atoms with Crippen molar-refractivity contribution in [3.05, 3.63) is 56.0 Å². The molecule has 1 rings (SSSR count). The van der Waals surface area contributed by atoms with Crippen LogP contribution in [0.5, 0.6) is 0 Å². The zero-order chi connectivity index (χ0) is 31.9. The van der Waals surface area contributed by atoms with Gasteiger partial charge < -0.3 is 17.1 Å². The number of hydrogen-bond donors (Lipinski definition) is 0. The summed E-state index contributed by atoms with van der Waals surface area (Å²) in [5.74, 6) is 2.01. The van der Waals surface area contributed by atoms with E-state index in [1.165, 1.54) is 42.1 Å². The molecule has 13 heteroatoms. The van der Waals surface area contributed by atoms with Crippen LogP contribution in [-0.4, -0.2) is 76.1 Å². The van der Waals surface area contributed by atoms with Crippen LogP contribution in [0.4, 0.5) is 0 Å². The second kappa shape index (κ2) is 42.5. The van der Waals surface area contributed by atoms with Gasteiger partial charge in [0.1, 0.15) is 0 Å². The number of halogens is 8. The molecule has 1 aliphatic rings. The average molecular weight is 801 g/mol. The fourth-order valence-electron chi connectivity index (χ4n) is 3.08. The number of allylic oxidation sites excluding steroid dienone is 4. The molecule has 0 aliphatic carbocycles. The molecule has 1 fully saturated rings. The molecule has 0 unspecified atom stereocenters. The second-order valence-electron chi connectivity index (χ2n) is 9.97. The molecule has 0 aromatic rings. The van der Waals surface area contributed by atoms with Crippen LogP contribution in [0.2, 0.25) is 43.8 Å². The predicted molar refractivity (Wildman–Crippen MR) is 206 cm³/mol. The Morgan fingerprint density at radius 3 is 1.32 bits per heavy atom. The minimum Gasteiger partial charge on any atom is -1.00 e. The molecule has 0 aromatic carbocycles. The van der Waals surface area contributed by atoms with Crippen molar-refractivity contribution in [1.82, 2.24) is 0 Å². The Morgan fingerprint density at radius 1 is 0.878 bits per heavy atom. The normalized spacial score (nSPS) is 11.3. The molecule has 0 amide bonds. The van der Waals surface area contributed by atoms with Gasteiger partial charge in [-0.2, -0.15) is 22.2 Å². The molecule has 244 valence electrons. The van der Waals surface area contributed by atoms with Crippen LogP contribution in [0.1, 0.15) is 46.5 Å². The Morgan fingerprint density at radius 2 is 1.17 bits per heavy atom. The van der Waals surface area contributed by atoms with Crippen molar-refractivity contribution in [2.75, 3.05) is 30.9 Å². The third kappa shape index (κ3) is 85.8. The van der Waals surface area contributed by atoms with Crippen molar-refractivity contribution >= 4 is 124 Å². The van der Waals surface area contributed by atoms with E-state index in [0.29, 0.717) is 11.8 Å². The van der Waals surface area contributed by atoms with E-state index in [0.717, 1.165) is 43.6 Å². The van der Waals surface area contributed by atoms with Crippen molar-refractivity contribution in [3.8, 4) is 0 Å². The minimum atomic E-state index is -1.82. The minimum absolute atomic E-state index is 0. The van der Waals surface area contributed by atoms with Gasteiger partial charge >= 0.3 is 23.1 Å². The maximum absolute atomic E-state index is 5.76. The summed E-state index contributed by atoms with van der Waals surface area (Å²) in [7, 11) is -2.37. The van der Waals surface area contributed by atoms with E-state index >= 15 is 0 Å². The predicted octanol–water partition coefficient (Wildman–Crippen LogP) is 9.55. The maximum Gasteiger partial charge on any atom is 2.00 e. The van der Waals surface area contributed by atoms with Gasteiger partial charge in [0.05, 0.1) is 8.07 Å². The molecule has 41 heavy (non-hydrogen) atoms. The molecule has 0 aromatic heterocycles. The number of alkyl halides is 3. The zero-order valence-corrected chi connectivity index (χ0v) is 37.1. The van der Waals surface area contributed by atoms with E-state index in [4.69, 9.17) is 83.9 Å². The Hall–Kier alpha value is 2.53. The van der Waals surface area contributed by atoms with E-state index in [2.05, 4.69) is 53.6 Å². The fraction of sp³-hybridized carbons (Fsp3) is 0.679. The number of rotatable bonds is 11. The van der Waals surface area contributed by atoms with Gasteiger partial charge in [-0.15, -0.1) is 76.7 Å². The first-order chi connectivity index (χ1) is 17.8. The van der Waals surface area contributed by atoms with Gasteiger partial charge in [0.15, 0.2) is 0 Å². The molecular formula is C28H56Cl8MgOSi3. The Labute approximate surface area is 315 Å². The molecule has 0 saturated carbocycles. The van der Waals surface area contributed by atoms with Crippen LogP contribution in [0.15, 0.2) is 49.1 Å².